The monoisotopic (exact) mass is 380 g/mol. The van der Waals surface area contributed by atoms with Crippen LogP contribution in [0.1, 0.15) is 37.1 Å². The lowest BCUT2D eigenvalue weighted by molar-refractivity contribution is -0.0542. The molecule has 25 heavy (non-hydrogen) atoms. The Morgan fingerprint density at radius 2 is 2.16 bits per heavy atom. The molecule has 0 saturated heterocycles. The smallest absolute Gasteiger partial charge is 0.190 e. The number of thioether (sulfide) groups is 1. The van der Waals surface area contributed by atoms with Crippen LogP contribution < -0.4 is 5.32 Å². The van der Waals surface area contributed by atoms with E-state index < -0.39 is 0 Å². The van der Waals surface area contributed by atoms with E-state index in [1.807, 2.05) is 6.26 Å². The Balaban J connectivity index is 1.95. The van der Waals surface area contributed by atoms with Crippen LogP contribution in [0.15, 0.2) is 5.16 Å². The van der Waals surface area contributed by atoms with Crippen LogP contribution in [0.25, 0.3) is 10.2 Å². The Hall–Kier alpha value is -0.890. The molecule has 2 aromatic rings. The number of thiophene rings is 1. The first-order valence-corrected chi connectivity index (χ1v) is 10.9. The minimum atomic E-state index is -0.0820. The van der Waals surface area contributed by atoms with E-state index in [4.69, 9.17) is 14.7 Å². The Morgan fingerprint density at radius 3 is 2.84 bits per heavy atom. The van der Waals surface area contributed by atoms with Gasteiger partial charge >= 0.3 is 0 Å². The zero-order valence-corrected chi connectivity index (χ0v) is 17.4. The number of nitrogens with one attached hydrogen (secondary N) is 1. The average molecular weight is 381 g/mol. The molecule has 1 N–H and O–H groups in total. The van der Waals surface area contributed by atoms with E-state index in [1.165, 1.54) is 15.8 Å². The normalized spacial score (nSPS) is 20.2. The van der Waals surface area contributed by atoms with Crippen molar-refractivity contribution >= 4 is 39.1 Å². The summed E-state index contributed by atoms with van der Waals surface area (Å²) in [5.41, 5.74) is 1.31. The van der Waals surface area contributed by atoms with Crippen LogP contribution >= 0.6 is 23.1 Å². The highest BCUT2D eigenvalue weighted by Gasteiger charge is 2.33. The van der Waals surface area contributed by atoms with Crippen molar-refractivity contribution in [2.24, 2.45) is 0 Å². The van der Waals surface area contributed by atoms with Gasteiger partial charge in [-0.2, -0.15) is 0 Å². The molecule has 7 heteroatoms. The summed E-state index contributed by atoms with van der Waals surface area (Å²) < 4.78 is 6.12. The lowest BCUT2D eigenvalue weighted by Gasteiger charge is -2.33. The van der Waals surface area contributed by atoms with Gasteiger partial charge in [0.2, 0.25) is 0 Å². The van der Waals surface area contributed by atoms with Crippen LogP contribution in [-0.2, 0) is 17.8 Å². The summed E-state index contributed by atoms with van der Waals surface area (Å²) >= 11 is 3.36. The van der Waals surface area contributed by atoms with Gasteiger partial charge in [0.25, 0.3) is 0 Å². The number of hydrogen-bond donors (Lipinski definition) is 1. The van der Waals surface area contributed by atoms with E-state index in [0.717, 1.165) is 48.2 Å². The zero-order chi connectivity index (χ0) is 18.0. The van der Waals surface area contributed by atoms with E-state index in [0.29, 0.717) is 6.61 Å². The predicted octanol–water partition coefficient (Wildman–Crippen LogP) is 4.02. The van der Waals surface area contributed by atoms with Gasteiger partial charge in [0.05, 0.1) is 17.6 Å². The number of nitrogens with zero attached hydrogens (tertiary/aromatic N) is 3. The van der Waals surface area contributed by atoms with Gasteiger partial charge in [-0.05, 0) is 52.2 Å². The van der Waals surface area contributed by atoms with Crippen molar-refractivity contribution in [3.63, 3.8) is 0 Å². The SMILES string of the molecule is CC[C@@]1(C)Cc2c(sc3nc(SC)nc(NCCCN(C)C)c23)CO1. The van der Waals surface area contributed by atoms with E-state index in [9.17, 15) is 0 Å². The number of hydrogen-bond acceptors (Lipinski definition) is 7. The maximum atomic E-state index is 6.12. The third-order valence-electron chi connectivity index (χ3n) is 4.82. The minimum Gasteiger partial charge on any atom is -0.369 e. The second-order valence-corrected chi connectivity index (χ2v) is 8.95. The molecule has 3 rings (SSSR count). The maximum absolute atomic E-state index is 6.12. The van der Waals surface area contributed by atoms with E-state index in [1.54, 1.807) is 23.1 Å². The van der Waals surface area contributed by atoms with Crippen molar-refractivity contribution in [2.75, 3.05) is 38.8 Å². The van der Waals surface area contributed by atoms with Gasteiger partial charge in [-0.3, -0.25) is 0 Å². The van der Waals surface area contributed by atoms with Gasteiger partial charge < -0.3 is 15.0 Å². The second kappa shape index (κ2) is 7.78. The van der Waals surface area contributed by atoms with Crippen LogP contribution in [0.5, 0.6) is 0 Å². The number of aromatic nitrogens is 2. The van der Waals surface area contributed by atoms with Crippen LogP contribution in [0.3, 0.4) is 0 Å². The van der Waals surface area contributed by atoms with Gasteiger partial charge in [0, 0.05) is 17.8 Å². The molecule has 0 saturated carbocycles. The lowest BCUT2D eigenvalue weighted by atomic mass is 9.90. The maximum Gasteiger partial charge on any atom is 0.190 e. The molecule has 5 nitrogen and oxygen atoms in total. The number of ether oxygens (including phenoxy) is 1. The summed E-state index contributed by atoms with van der Waals surface area (Å²) in [6, 6.07) is 0. The molecular weight excluding hydrogens is 352 g/mol. The minimum absolute atomic E-state index is 0.0820. The molecule has 2 aromatic heterocycles. The summed E-state index contributed by atoms with van der Waals surface area (Å²) in [5, 5.41) is 5.62. The van der Waals surface area contributed by atoms with Gasteiger partial charge in [-0.25, -0.2) is 9.97 Å². The van der Waals surface area contributed by atoms with Crippen molar-refractivity contribution in [1.29, 1.82) is 0 Å². The molecule has 0 aliphatic carbocycles. The Bertz CT molecular complexity index is 746. The molecule has 0 bridgehead atoms. The fourth-order valence-corrected chi connectivity index (χ4v) is 4.63. The topological polar surface area (TPSA) is 50.3 Å². The largest absolute Gasteiger partial charge is 0.369 e. The fraction of sp³-hybridized carbons (Fsp3) is 0.667. The van der Waals surface area contributed by atoms with Crippen LogP contribution in [0.2, 0.25) is 0 Å². The molecule has 138 valence electrons. The molecule has 0 aromatic carbocycles. The molecule has 0 fully saturated rings. The molecule has 1 aliphatic rings. The molecule has 1 aliphatic heterocycles. The van der Waals surface area contributed by atoms with E-state index >= 15 is 0 Å². The van der Waals surface area contributed by atoms with Gasteiger partial charge in [-0.1, -0.05) is 18.7 Å². The highest BCUT2D eigenvalue weighted by molar-refractivity contribution is 7.98. The molecule has 0 amide bonds. The zero-order valence-electron chi connectivity index (χ0n) is 15.8. The first-order chi connectivity index (χ1) is 12.0. The molecular formula is C18H28N4OS2. The first-order valence-electron chi connectivity index (χ1n) is 8.84. The molecule has 0 radical (unpaired) electrons. The van der Waals surface area contributed by atoms with Crippen molar-refractivity contribution in [2.45, 2.75) is 50.5 Å². The third kappa shape index (κ3) is 4.10. The number of anilines is 1. The fourth-order valence-electron chi connectivity index (χ4n) is 3.10. The predicted molar refractivity (Wildman–Crippen MR) is 108 cm³/mol. The Kier molecular flexibility index (Phi) is 5.88. The number of rotatable bonds is 7. The third-order valence-corrected chi connectivity index (χ3v) is 6.47. The second-order valence-electron chi connectivity index (χ2n) is 7.10. The van der Waals surface area contributed by atoms with Crippen LogP contribution in [0, 0.1) is 0 Å². The Labute approximate surface area is 158 Å². The van der Waals surface area contributed by atoms with Crippen LogP contribution in [0.4, 0.5) is 5.82 Å². The van der Waals surface area contributed by atoms with Gasteiger partial charge in [0.1, 0.15) is 10.6 Å². The van der Waals surface area contributed by atoms with E-state index in [2.05, 4.69) is 38.2 Å². The summed E-state index contributed by atoms with van der Waals surface area (Å²) in [5.74, 6) is 0.992. The highest BCUT2D eigenvalue weighted by Crippen LogP contribution is 2.42. The summed E-state index contributed by atoms with van der Waals surface area (Å²) in [6.07, 6.45) is 5.07. The number of fused-ring (bicyclic) bond motifs is 3. The van der Waals surface area contributed by atoms with Crippen molar-refractivity contribution in [3.05, 3.63) is 10.4 Å². The van der Waals surface area contributed by atoms with Crippen molar-refractivity contribution < 1.29 is 4.74 Å². The average Bonchev–Trinajstić information content (AvgIpc) is 2.95. The summed E-state index contributed by atoms with van der Waals surface area (Å²) in [6.45, 7) is 7.09. The summed E-state index contributed by atoms with van der Waals surface area (Å²) in [4.78, 5) is 14.1. The van der Waals surface area contributed by atoms with Crippen molar-refractivity contribution in [3.8, 4) is 0 Å². The summed E-state index contributed by atoms with van der Waals surface area (Å²) in [7, 11) is 4.21. The van der Waals surface area contributed by atoms with Crippen molar-refractivity contribution in [1.82, 2.24) is 14.9 Å². The highest BCUT2D eigenvalue weighted by atomic mass is 32.2. The standard InChI is InChI=1S/C18H28N4OS2/c1-6-18(2)10-12-13(11-23-18)25-16-14(12)15(20-17(21-16)24-5)19-8-7-9-22(3)4/h6-11H2,1-5H3,(H,19,20,21)/t18-/m0/s1. The lowest BCUT2D eigenvalue weighted by Crippen LogP contribution is -2.34. The first kappa shape index (κ1) is 18.9. The molecule has 3 heterocycles. The quantitative estimate of drug-likeness (QED) is 0.445. The van der Waals surface area contributed by atoms with Crippen LogP contribution in [-0.4, -0.2) is 53.9 Å². The molecule has 0 unspecified atom stereocenters. The van der Waals surface area contributed by atoms with Gasteiger partial charge in [0.15, 0.2) is 5.16 Å². The van der Waals surface area contributed by atoms with E-state index in [-0.39, 0.29) is 5.60 Å². The molecule has 0 spiro atoms. The molecule has 1 atom stereocenters. The van der Waals surface area contributed by atoms with Gasteiger partial charge in [-0.15, -0.1) is 11.3 Å². The Morgan fingerprint density at radius 1 is 1.36 bits per heavy atom.